The van der Waals surface area contributed by atoms with Gasteiger partial charge in [-0.2, -0.15) is 0 Å². The van der Waals surface area contributed by atoms with Crippen LogP contribution in [0.15, 0.2) is 42.9 Å². The fourth-order valence-electron chi connectivity index (χ4n) is 3.37. The molecule has 0 saturated heterocycles. The van der Waals surface area contributed by atoms with Gasteiger partial charge in [-0.25, -0.2) is 9.78 Å². The van der Waals surface area contributed by atoms with Crippen LogP contribution in [-0.4, -0.2) is 74.0 Å². The van der Waals surface area contributed by atoms with E-state index in [2.05, 4.69) is 25.9 Å². The number of hydrogen-bond donors (Lipinski definition) is 7. The third-order valence-corrected chi connectivity index (χ3v) is 5.54. The van der Waals surface area contributed by atoms with Crippen LogP contribution in [0.4, 0.5) is 0 Å². The van der Waals surface area contributed by atoms with E-state index in [-0.39, 0.29) is 18.8 Å². The maximum atomic E-state index is 13.2. The van der Waals surface area contributed by atoms with Crippen molar-refractivity contribution in [3.8, 4) is 0 Å². The molecular weight excluding hydrogens is 484 g/mol. The Labute approximate surface area is 213 Å². The van der Waals surface area contributed by atoms with Gasteiger partial charge in [0.1, 0.15) is 18.1 Å². The monoisotopic (exact) mass is 516 g/mol. The predicted octanol–water partition coefficient (Wildman–Crippen LogP) is -0.808. The van der Waals surface area contributed by atoms with Gasteiger partial charge < -0.3 is 36.9 Å². The molecule has 8 N–H and O–H groups in total. The SMILES string of the molecule is CC(C)C(N)C(=O)NC(Cc1ccccc1)C(=O)NC(CC(=O)O)C(=O)NC(Cc1cnc[nH]1)C(=O)O. The zero-order chi connectivity index (χ0) is 27.5. The number of carboxylic acids is 2. The highest BCUT2D eigenvalue weighted by Gasteiger charge is 2.32. The second-order valence-electron chi connectivity index (χ2n) is 8.86. The Bertz CT molecular complexity index is 1070. The van der Waals surface area contributed by atoms with Crippen LogP contribution in [0, 0.1) is 5.92 Å². The van der Waals surface area contributed by atoms with E-state index in [1.54, 1.807) is 44.2 Å². The minimum Gasteiger partial charge on any atom is -0.481 e. The van der Waals surface area contributed by atoms with E-state index in [1.165, 1.54) is 12.5 Å². The molecule has 0 saturated carbocycles. The Hall–Kier alpha value is -4.26. The molecule has 0 bridgehead atoms. The van der Waals surface area contributed by atoms with Crippen molar-refractivity contribution in [2.24, 2.45) is 11.7 Å². The second-order valence-corrected chi connectivity index (χ2v) is 8.86. The normalized spacial score (nSPS) is 14.2. The fraction of sp³-hybridized carbons (Fsp3) is 0.417. The number of amides is 3. The van der Waals surface area contributed by atoms with Crippen LogP contribution in [0.1, 0.15) is 31.5 Å². The highest BCUT2D eigenvalue weighted by Crippen LogP contribution is 2.07. The topological polar surface area (TPSA) is 217 Å². The van der Waals surface area contributed by atoms with Crippen molar-refractivity contribution in [1.82, 2.24) is 25.9 Å². The molecule has 0 aliphatic rings. The minimum atomic E-state index is -1.61. The van der Waals surface area contributed by atoms with Gasteiger partial charge in [0, 0.05) is 24.7 Å². The molecule has 0 radical (unpaired) electrons. The van der Waals surface area contributed by atoms with E-state index in [9.17, 15) is 34.2 Å². The van der Waals surface area contributed by atoms with E-state index in [1.807, 2.05) is 0 Å². The van der Waals surface area contributed by atoms with Crippen LogP contribution in [0.5, 0.6) is 0 Å². The van der Waals surface area contributed by atoms with Crippen LogP contribution in [0.2, 0.25) is 0 Å². The first kappa shape index (κ1) is 29.0. The van der Waals surface area contributed by atoms with Crippen molar-refractivity contribution in [1.29, 1.82) is 0 Å². The lowest BCUT2D eigenvalue weighted by Crippen LogP contribution is -2.58. The maximum Gasteiger partial charge on any atom is 0.326 e. The molecule has 37 heavy (non-hydrogen) atoms. The number of benzene rings is 1. The van der Waals surface area contributed by atoms with E-state index in [0.717, 1.165) is 0 Å². The van der Waals surface area contributed by atoms with Crippen molar-refractivity contribution in [3.05, 3.63) is 54.1 Å². The van der Waals surface area contributed by atoms with Gasteiger partial charge in [0.05, 0.1) is 18.8 Å². The highest BCUT2D eigenvalue weighted by atomic mass is 16.4. The summed E-state index contributed by atoms with van der Waals surface area (Å²) in [6.45, 7) is 3.48. The standard InChI is InChI=1S/C24H32N6O7/c1-13(2)20(25)23(35)29-16(8-14-6-4-3-5-7-14)21(33)28-17(10-19(31)32)22(34)30-18(24(36)37)9-15-11-26-12-27-15/h3-7,11-13,16-18,20H,8-10,25H2,1-2H3,(H,26,27)(H,28,33)(H,29,35)(H,30,34)(H,31,32)(H,36,37). The molecule has 0 aliphatic carbocycles. The number of nitrogens with zero attached hydrogens (tertiary/aromatic N) is 1. The summed E-state index contributed by atoms with van der Waals surface area (Å²) in [5.74, 6) is -5.39. The summed E-state index contributed by atoms with van der Waals surface area (Å²) >= 11 is 0. The molecule has 200 valence electrons. The Morgan fingerprint density at radius 2 is 1.49 bits per heavy atom. The number of nitrogens with two attached hydrogens (primary N) is 1. The Morgan fingerprint density at radius 1 is 0.892 bits per heavy atom. The number of imidazole rings is 1. The molecule has 3 amide bonds. The second kappa shape index (κ2) is 13.7. The number of carbonyl (C=O) groups excluding carboxylic acids is 3. The van der Waals surface area contributed by atoms with Crippen LogP contribution in [0.25, 0.3) is 0 Å². The zero-order valence-electron chi connectivity index (χ0n) is 20.5. The summed E-state index contributed by atoms with van der Waals surface area (Å²) in [5, 5.41) is 26.0. The number of H-pyrrole nitrogens is 1. The molecule has 2 rings (SSSR count). The summed E-state index contributed by atoms with van der Waals surface area (Å²) in [6, 6.07) is 3.66. The molecule has 13 nitrogen and oxygen atoms in total. The Morgan fingerprint density at radius 3 is 2.03 bits per heavy atom. The van der Waals surface area contributed by atoms with Gasteiger partial charge in [-0.1, -0.05) is 44.2 Å². The molecule has 1 aromatic heterocycles. The van der Waals surface area contributed by atoms with E-state index >= 15 is 0 Å². The van der Waals surface area contributed by atoms with E-state index < -0.39 is 60.2 Å². The quantitative estimate of drug-likeness (QED) is 0.167. The summed E-state index contributed by atoms with van der Waals surface area (Å²) in [4.78, 5) is 68.3. The number of carboxylic acid groups (broad SMARTS) is 2. The highest BCUT2D eigenvalue weighted by molar-refractivity contribution is 5.95. The first-order valence-electron chi connectivity index (χ1n) is 11.6. The van der Waals surface area contributed by atoms with Gasteiger partial charge in [-0.15, -0.1) is 0 Å². The smallest absolute Gasteiger partial charge is 0.326 e. The van der Waals surface area contributed by atoms with Gasteiger partial charge in [0.2, 0.25) is 17.7 Å². The minimum absolute atomic E-state index is 0.0439. The van der Waals surface area contributed by atoms with Crippen LogP contribution >= 0.6 is 0 Å². The van der Waals surface area contributed by atoms with Gasteiger partial charge >= 0.3 is 11.9 Å². The lowest BCUT2D eigenvalue weighted by Gasteiger charge is -2.25. The zero-order valence-corrected chi connectivity index (χ0v) is 20.5. The largest absolute Gasteiger partial charge is 0.481 e. The number of hydrogen-bond acceptors (Lipinski definition) is 7. The predicted molar refractivity (Wildman–Crippen MR) is 131 cm³/mol. The summed E-state index contributed by atoms with van der Waals surface area (Å²) in [6.07, 6.45) is 1.81. The van der Waals surface area contributed by atoms with Crippen molar-refractivity contribution >= 4 is 29.7 Å². The van der Waals surface area contributed by atoms with E-state index in [0.29, 0.717) is 11.3 Å². The van der Waals surface area contributed by atoms with E-state index in [4.69, 9.17) is 5.73 Å². The average molecular weight is 517 g/mol. The third-order valence-electron chi connectivity index (χ3n) is 5.54. The van der Waals surface area contributed by atoms with Crippen molar-refractivity contribution < 1.29 is 34.2 Å². The molecular formula is C24H32N6O7. The van der Waals surface area contributed by atoms with Crippen LogP contribution in [-0.2, 0) is 36.8 Å². The number of rotatable bonds is 14. The lowest BCUT2D eigenvalue weighted by atomic mass is 10.0. The molecule has 0 aliphatic heterocycles. The molecule has 0 fully saturated rings. The molecule has 2 aromatic rings. The number of aromatic nitrogens is 2. The molecule has 1 heterocycles. The average Bonchev–Trinajstić information content (AvgIpc) is 3.35. The fourth-order valence-corrected chi connectivity index (χ4v) is 3.37. The first-order valence-corrected chi connectivity index (χ1v) is 11.6. The maximum absolute atomic E-state index is 13.2. The number of carbonyl (C=O) groups is 5. The summed E-state index contributed by atoms with van der Waals surface area (Å²) in [7, 11) is 0. The van der Waals surface area contributed by atoms with Gasteiger partial charge in [-0.05, 0) is 11.5 Å². The number of aliphatic carboxylic acids is 2. The summed E-state index contributed by atoms with van der Waals surface area (Å²) < 4.78 is 0. The van der Waals surface area contributed by atoms with Crippen LogP contribution in [0.3, 0.4) is 0 Å². The van der Waals surface area contributed by atoms with Gasteiger partial charge in [0.25, 0.3) is 0 Å². The van der Waals surface area contributed by atoms with Crippen molar-refractivity contribution in [2.45, 2.75) is 57.3 Å². The number of aromatic amines is 1. The summed E-state index contributed by atoms with van der Waals surface area (Å²) in [5.41, 5.74) is 7.04. The molecule has 4 atom stereocenters. The first-order chi connectivity index (χ1) is 17.5. The Kier molecular flexibility index (Phi) is 10.8. The van der Waals surface area contributed by atoms with Crippen molar-refractivity contribution in [2.75, 3.05) is 0 Å². The molecule has 4 unspecified atom stereocenters. The lowest BCUT2D eigenvalue weighted by molar-refractivity contribution is -0.143. The molecule has 1 aromatic carbocycles. The third kappa shape index (κ3) is 9.37. The number of nitrogens with one attached hydrogen (secondary N) is 4. The van der Waals surface area contributed by atoms with Crippen LogP contribution < -0.4 is 21.7 Å². The van der Waals surface area contributed by atoms with Crippen molar-refractivity contribution in [3.63, 3.8) is 0 Å². The van der Waals surface area contributed by atoms with Gasteiger partial charge in [-0.3, -0.25) is 19.2 Å². The molecule has 0 spiro atoms. The van der Waals surface area contributed by atoms with Gasteiger partial charge in [0.15, 0.2) is 0 Å². The molecule has 13 heteroatoms. The Balaban J connectivity index is 2.21.